The van der Waals surface area contributed by atoms with Gasteiger partial charge in [-0.15, -0.1) is 0 Å². The standard InChI is InChI=1S/C13H19N2O4P/c1-14(2)7-6-10-8-15(9-20(17,18)19)11-4-3-5-12(16)13(10)11/h3-5,8,16H,6-7,9H2,1-2H3,(H2,17,18,19)/i1D3. The molecule has 0 bridgehead atoms. The molecule has 1 aromatic carbocycles. The summed E-state index contributed by atoms with van der Waals surface area (Å²) in [6.45, 7) is -1.99. The molecular weight excluding hydrogens is 279 g/mol. The van der Waals surface area contributed by atoms with Crippen molar-refractivity contribution in [2.45, 2.75) is 12.7 Å². The van der Waals surface area contributed by atoms with Crippen molar-refractivity contribution >= 4 is 18.5 Å². The van der Waals surface area contributed by atoms with E-state index in [2.05, 4.69) is 0 Å². The summed E-state index contributed by atoms with van der Waals surface area (Å²) >= 11 is 0. The van der Waals surface area contributed by atoms with Crippen LogP contribution in [0.1, 0.15) is 9.68 Å². The summed E-state index contributed by atoms with van der Waals surface area (Å²) < 4.78 is 34.7. The predicted octanol–water partition coefficient (Wildman–Crippen LogP) is 1.59. The van der Waals surface area contributed by atoms with Gasteiger partial charge in [-0.3, -0.25) is 4.57 Å². The molecule has 0 fully saturated rings. The van der Waals surface area contributed by atoms with Gasteiger partial charge in [0.1, 0.15) is 12.0 Å². The monoisotopic (exact) mass is 301 g/mol. The number of benzene rings is 1. The molecule has 0 radical (unpaired) electrons. The van der Waals surface area contributed by atoms with E-state index < -0.39 is 20.9 Å². The molecule has 6 nitrogen and oxygen atoms in total. The van der Waals surface area contributed by atoms with Gasteiger partial charge in [0.05, 0.1) is 5.52 Å². The van der Waals surface area contributed by atoms with Crippen LogP contribution in [0.25, 0.3) is 10.9 Å². The maximum absolute atomic E-state index is 11.3. The summed E-state index contributed by atoms with van der Waals surface area (Å²) in [5.74, 6) is -0.00139. The van der Waals surface area contributed by atoms with Crippen LogP contribution < -0.4 is 0 Å². The highest BCUT2D eigenvalue weighted by Crippen LogP contribution is 2.39. The van der Waals surface area contributed by atoms with Crippen molar-refractivity contribution < 1.29 is 23.6 Å². The summed E-state index contributed by atoms with van der Waals surface area (Å²) in [6, 6.07) is 4.73. The van der Waals surface area contributed by atoms with Gasteiger partial charge < -0.3 is 24.4 Å². The molecule has 0 spiro atoms. The van der Waals surface area contributed by atoms with E-state index in [1.165, 1.54) is 22.6 Å². The second-order valence-corrected chi connectivity index (χ2v) is 6.39. The quantitative estimate of drug-likeness (QED) is 0.730. The number of likely N-dealkylation sites (N-methyl/N-ethyl adjacent to an activating group) is 1. The number of phenolic OH excluding ortho intramolecular Hbond substituents is 1. The van der Waals surface area contributed by atoms with E-state index in [1.54, 1.807) is 18.3 Å². The van der Waals surface area contributed by atoms with Crippen LogP contribution in [-0.4, -0.2) is 44.9 Å². The lowest BCUT2D eigenvalue weighted by Crippen LogP contribution is -2.14. The number of rotatable bonds is 5. The average Bonchev–Trinajstić information content (AvgIpc) is 2.72. The van der Waals surface area contributed by atoms with E-state index >= 15 is 0 Å². The molecule has 0 aliphatic heterocycles. The first-order valence-electron chi connectivity index (χ1n) is 7.54. The molecule has 1 aromatic heterocycles. The van der Waals surface area contributed by atoms with E-state index in [0.717, 1.165) is 0 Å². The van der Waals surface area contributed by atoms with Gasteiger partial charge >= 0.3 is 7.60 Å². The van der Waals surface area contributed by atoms with Crippen molar-refractivity contribution in [3.8, 4) is 5.75 Å². The maximum Gasteiger partial charge on any atom is 0.345 e. The molecule has 110 valence electrons. The Morgan fingerprint density at radius 1 is 1.45 bits per heavy atom. The Hall–Kier alpha value is -1.33. The largest absolute Gasteiger partial charge is 0.507 e. The van der Waals surface area contributed by atoms with Gasteiger partial charge in [0.2, 0.25) is 0 Å². The van der Waals surface area contributed by atoms with Gasteiger partial charge in [-0.25, -0.2) is 0 Å². The lowest BCUT2D eigenvalue weighted by molar-refractivity contribution is 0.363. The molecule has 0 aliphatic rings. The fourth-order valence-corrected chi connectivity index (χ4v) is 2.84. The summed E-state index contributed by atoms with van der Waals surface area (Å²) in [5, 5.41) is 10.5. The number of aromatic hydroxyl groups is 1. The molecule has 2 rings (SSSR count). The summed E-state index contributed by atoms with van der Waals surface area (Å²) in [7, 11) is -2.80. The average molecular weight is 301 g/mol. The van der Waals surface area contributed by atoms with Crippen molar-refractivity contribution in [1.82, 2.24) is 9.47 Å². The van der Waals surface area contributed by atoms with Gasteiger partial charge in [-0.05, 0) is 38.1 Å². The van der Waals surface area contributed by atoms with Crippen LogP contribution >= 0.6 is 7.60 Å². The molecule has 0 amide bonds. The van der Waals surface area contributed by atoms with Crippen LogP contribution in [0.4, 0.5) is 0 Å². The predicted molar refractivity (Wildman–Crippen MR) is 77.9 cm³/mol. The third-order valence-corrected chi connectivity index (χ3v) is 3.69. The van der Waals surface area contributed by atoms with Crippen LogP contribution in [0, 0.1) is 0 Å². The zero-order valence-corrected chi connectivity index (χ0v) is 11.9. The number of aromatic nitrogens is 1. The maximum atomic E-state index is 11.3. The third kappa shape index (κ3) is 3.41. The fraction of sp³-hybridized carbons (Fsp3) is 0.385. The summed E-state index contributed by atoms with van der Waals surface area (Å²) in [5.41, 5.74) is 1.14. The molecule has 7 heteroatoms. The van der Waals surface area contributed by atoms with Crippen molar-refractivity contribution in [3.63, 3.8) is 0 Å². The highest BCUT2D eigenvalue weighted by molar-refractivity contribution is 7.50. The highest BCUT2D eigenvalue weighted by atomic mass is 31.2. The smallest absolute Gasteiger partial charge is 0.345 e. The summed E-state index contributed by atoms with van der Waals surface area (Å²) in [6.07, 6.45) is 1.38. The zero-order valence-electron chi connectivity index (χ0n) is 14.0. The van der Waals surface area contributed by atoms with E-state index in [1.807, 2.05) is 0 Å². The lowest BCUT2D eigenvalue weighted by atomic mass is 10.1. The topological polar surface area (TPSA) is 85.9 Å². The Morgan fingerprint density at radius 2 is 2.20 bits per heavy atom. The van der Waals surface area contributed by atoms with Gasteiger partial charge in [0, 0.05) is 22.2 Å². The molecular formula is C13H19N2O4P. The second kappa shape index (κ2) is 5.58. The van der Waals surface area contributed by atoms with Crippen LogP contribution in [0.15, 0.2) is 24.4 Å². The second-order valence-electron chi connectivity index (χ2n) is 4.77. The van der Waals surface area contributed by atoms with Crippen molar-refractivity contribution in [2.24, 2.45) is 0 Å². The minimum absolute atomic E-state index is 0.00139. The van der Waals surface area contributed by atoms with Crippen molar-refractivity contribution in [2.75, 3.05) is 20.6 Å². The minimum Gasteiger partial charge on any atom is -0.507 e. The van der Waals surface area contributed by atoms with E-state index in [9.17, 15) is 19.5 Å². The number of hydrogen-bond donors (Lipinski definition) is 3. The molecule has 0 aliphatic carbocycles. The molecule has 0 atom stereocenters. The Bertz CT molecular complexity index is 753. The molecule has 2 aromatic rings. The van der Waals surface area contributed by atoms with Crippen molar-refractivity contribution in [1.29, 1.82) is 0 Å². The number of nitrogens with zero attached hydrogens (tertiary/aromatic N) is 2. The Labute approximate surface area is 121 Å². The van der Waals surface area contributed by atoms with E-state index in [-0.39, 0.29) is 12.3 Å². The van der Waals surface area contributed by atoms with Gasteiger partial charge in [0.15, 0.2) is 0 Å². The molecule has 0 unspecified atom stereocenters. The fourth-order valence-electron chi connectivity index (χ4n) is 2.21. The zero-order chi connectivity index (χ0) is 17.4. The first-order chi connectivity index (χ1) is 10.5. The van der Waals surface area contributed by atoms with Gasteiger partial charge in [-0.2, -0.15) is 0 Å². The molecule has 20 heavy (non-hydrogen) atoms. The number of hydrogen-bond acceptors (Lipinski definition) is 3. The first kappa shape index (κ1) is 11.3. The number of phenols is 1. The van der Waals surface area contributed by atoms with Crippen LogP contribution in [-0.2, 0) is 17.3 Å². The summed E-state index contributed by atoms with van der Waals surface area (Å²) in [4.78, 5) is 19.6. The normalized spacial score (nSPS) is 15.3. The van der Waals surface area contributed by atoms with Crippen LogP contribution in [0.3, 0.4) is 0 Å². The van der Waals surface area contributed by atoms with Crippen molar-refractivity contribution in [3.05, 3.63) is 30.0 Å². The SMILES string of the molecule is [2H]C([2H])([2H])N(C)CCc1cn(CP(=O)(O)O)c2cccc(O)c12. The third-order valence-electron chi connectivity index (χ3n) is 3.02. The Morgan fingerprint density at radius 3 is 2.85 bits per heavy atom. The van der Waals surface area contributed by atoms with E-state index in [4.69, 9.17) is 4.11 Å². The Kier molecular flexibility index (Phi) is 3.16. The lowest BCUT2D eigenvalue weighted by Gasteiger charge is -2.08. The molecule has 1 heterocycles. The minimum atomic E-state index is -4.28. The first-order valence-corrected chi connectivity index (χ1v) is 7.84. The van der Waals surface area contributed by atoms with Gasteiger partial charge in [-0.1, -0.05) is 6.07 Å². The Balaban J connectivity index is 2.38. The molecule has 0 saturated carbocycles. The van der Waals surface area contributed by atoms with Crippen LogP contribution in [0.5, 0.6) is 5.75 Å². The van der Waals surface area contributed by atoms with Crippen LogP contribution in [0.2, 0.25) is 0 Å². The van der Waals surface area contributed by atoms with E-state index in [0.29, 0.717) is 22.9 Å². The molecule has 3 N–H and O–H groups in total. The number of fused-ring (bicyclic) bond motifs is 1. The molecule has 0 saturated heterocycles. The van der Waals surface area contributed by atoms with Gasteiger partial charge in [0.25, 0.3) is 0 Å². The highest BCUT2D eigenvalue weighted by Gasteiger charge is 2.18.